The van der Waals surface area contributed by atoms with Crippen molar-refractivity contribution in [3.8, 4) is 5.75 Å². The molecule has 0 radical (unpaired) electrons. The van der Waals surface area contributed by atoms with Gasteiger partial charge in [-0.3, -0.25) is 4.79 Å². The molecule has 1 aliphatic heterocycles. The molecule has 1 N–H and O–H groups in total. The SMILES string of the molecule is COc1ccc2c(N3CCCC(C(=O)O)C3)ncnc2c1. The average molecular weight is 287 g/mol. The summed E-state index contributed by atoms with van der Waals surface area (Å²) in [6.45, 7) is 1.31. The van der Waals surface area contributed by atoms with E-state index in [1.54, 1.807) is 7.11 Å². The van der Waals surface area contributed by atoms with E-state index in [1.807, 2.05) is 23.1 Å². The first-order chi connectivity index (χ1) is 10.2. The number of carbonyl (C=O) groups is 1. The summed E-state index contributed by atoms with van der Waals surface area (Å²) in [5.74, 6) is 0.476. The molecule has 1 saturated heterocycles. The Morgan fingerprint density at radius 1 is 1.43 bits per heavy atom. The number of carboxylic acid groups (broad SMARTS) is 1. The van der Waals surface area contributed by atoms with Crippen molar-refractivity contribution >= 4 is 22.7 Å². The summed E-state index contributed by atoms with van der Waals surface area (Å²) in [6, 6.07) is 5.65. The van der Waals surface area contributed by atoms with Crippen LogP contribution in [0.15, 0.2) is 24.5 Å². The van der Waals surface area contributed by atoms with Gasteiger partial charge in [-0.2, -0.15) is 0 Å². The molecule has 110 valence electrons. The number of benzene rings is 1. The first-order valence-corrected chi connectivity index (χ1v) is 6.95. The Morgan fingerprint density at radius 2 is 2.29 bits per heavy atom. The van der Waals surface area contributed by atoms with Crippen LogP contribution in [0.3, 0.4) is 0 Å². The van der Waals surface area contributed by atoms with Crippen molar-refractivity contribution in [1.29, 1.82) is 0 Å². The maximum Gasteiger partial charge on any atom is 0.308 e. The summed E-state index contributed by atoms with van der Waals surface area (Å²) in [6.07, 6.45) is 3.10. The van der Waals surface area contributed by atoms with Gasteiger partial charge < -0.3 is 14.7 Å². The molecule has 1 aromatic carbocycles. The van der Waals surface area contributed by atoms with Crippen LogP contribution in [0, 0.1) is 5.92 Å². The monoisotopic (exact) mass is 287 g/mol. The number of aliphatic carboxylic acids is 1. The zero-order chi connectivity index (χ0) is 14.8. The third-order valence-corrected chi connectivity index (χ3v) is 3.89. The Hall–Kier alpha value is -2.37. The van der Waals surface area contributed by atoms with Crippen LogP contribution >= 0.6 is 0 Å². The molecule has 6 heteroatoms. The largest absolute Gasteiger partial charge is 0.497 e. The maximum absolute atomic E-state index is 11.2. The lowest BCUT2D eigenvalue weighted by Gasteiger charge is -2.32. The Morgan fingerprint density at radius 3 is 3.05 bits per heavy atom. The van der Waals surface area contributed by atoms with Crippen LogP contribution in [0.2, 0.25) is 0 Å². The highest BCUT2D eigenvalue weighted by molar-refractivity contribution is 5.90. The number of rotatable bonds is 3. The van der Waals surface area contributed by atoms with Crippen LogP contribution in [0.5, 0.6) is 5.75 Å². The number of hydrogen-bond donors (Lipinski definition) is 1. The molecule has 1 atom stereocenters. The molecule has 6 nitrogen and oxygen atoms in total. The molecule has 1 fully saturated rings. The lowest BCUT2D eigenvalue weighted by Crippen LogP contribution is -2.39. The van der Waals surface area contributed by atoms with Gasteiger partial charge >= 0.3 is 5.97 Å². The lowest BCUT2D eigenvalue weighted by molar-refractivity contribution is -0.141. The molecule has 0 bridgehead atoms. The van der Waals surface area contributed by atoms with Gasteiger partial charge in [-0.15, -0.1) is 0 Å². The van der Waals surface area contributed by atoms with Gasteiger partial charge in [0.15, 0.2) is 0 Å². The van der Waals surface area contributed by atoms with Crippen LogP contribution in [-0.4, -0.2) is 41.2 Å². The number of fused-ring (bicyclic) bond motifs is 1. The van der Waals surface area contributed by atoms with E-state index in [0.29, 0.717) is 6.54 Å². The number of anilines is 1. The van der Waals surface area contributed by atoms with Crippen molar-refractivity contribution in [2.45, 2.75) is 12.8 Å². The molecular formula is C15H17N3O3. The molecular weight excluding hydrogens is 270 g/mol. The Balaban J connectivity index is 1.98. The fourth-order valence-corrected chi connectivity index (χ4v) is 2.77. The molecule has 1 aromatic heterocycles. The zero-order valence-electron chi connectivity index (χ0n) is 11.8. The fourth-order valence-electron chi connectivity index (χ4n) is 2.77. The van der Waals surface area contributed by atoms with E-state index in [4.69, 9.17) is 4.74 Å². The van der Waals surface area contributed by atoms with Crippen LogP contribution in [0.25, 0.3) is 10.9 Å². The summed E-state index contributed by atoms with van der Waals surface area (Å²) < 4.78 is 5.20. The summed E-state index contributed by atoms with van der Waals surface area (Å²) in [5, 5.41) is 10.1. The molecule has 0 spiro atoms. The second-order valence-corrected chi connectivity index (χ2v) is 5.20. The summed E-state index contributed by atoms with van der Waals surface area (Å²) in [5.41, 5.74) is 0.803. The van der Waals surface area contributed by atoms with E-state index in [2.05, 4.69) is 9.97 Å². The number of aromatic nitrogens is 2. The highest BCUT2D eigenvalue weighted by Gasteiger charge is 2.27. The molecule has 0 amide bonds. The molecule has 3 rings (SSSR count). The van der Waals surface area contributed by atoms with Gasteiger partial charge in [0, 0.05) is 24.5 Å². The summed E-state index contributed by atoms with van der Waals surface area (Å²) >= 11 is 0. The minimum atomic E-state index is -0.736. The Bertz CT molecular complexity index is 674. The fraction of sp³-hybridized carbons (Fsp3) is 0.400. The van der Waals surface area contributed by atoms with E-state index >= 15 is 0 Å². The second kappa shape index (κ2) is 5.55. The third-order valence-electron chi connectivity index (χ3n) is 3.89. The average Bonchev–Trinajstić information content (AvgIpc) is 2.53. The Labute approximate surface area is 122 Å². The van der Waals surface area contributed by atoms with E-state index in [0.717, 1.165) is 41.9 Å². The number of hydrogen-bond acceptors (Lipinski definition) is 5. The first-order valence-electron chi connectivity index (χ1n) is 6.95. The van der Waals surface area contributed by atoms with Gasteiger partial charge in [-0.25, -0.2) is 9.97 Å². The smallest absolute Gasteiger partial charge is 0.308 e. The van der Waals surface area contributed by atoms with Gasteiger partial charge in [0.25, 0.3) is 0 Å². The zero-order valence-corrected chi connectivity index (χ0v) is 11.8. The van der Waals surface area contributed by atoms with Crippen molar-refractivity contribution in [1.82, 2.24) is 9.97 Å². The predicted octanol–water partition coefficient (Wildman–Crippen LogP) is 1.94. The molecule has 1 aliphatic rings. The minimum Gasteiger partial charge on any atom is -0.497 e. The van der Waals surface area contributed by atoms with E-state index < -0.39 is 5.97 Å². The first kappa shape index (κ1) is 13.6. The maximum atomic E-state index is 11.2. The van der Waals surface area contributed by atoms with Gasteiger partial charge in [-0.1, -0.05) is 0 Å². The molecule has 0 aliphatic carbocycles. The van der Waals surface area contributed by atoms with Crippen molar-refractivity contribution < 1.29 is 14.6 Å². The van der Waals surface area contributed by atoms with Crippen LogP contribution in [-0.2, 0) is 4.79 Å². The van der Waals surface area contributed by atoms with E-state index in [9.17, 15) is 9.90 Å². The van der Waals surface area contributed by atoms with Crippen LogP contribution in [0.4, 0.5) is 5.82 Å². The number of carboxylic acids is 1. The third kappa shape index (κ3) is 2.61. The molecule has 21 heavy (non-hydrogen) atoms. The number of ether oxygens (including phenoxy) is 1. The normalized spacial score (nSPS) is 18.7. The quantitative estimate of drug-likeness (QED) is 0.929. The lowest BCUT2D eigenvalue weighted by atomic mass is 9.98. The van der Waals surface area contributed by atoms with Crippen molar-refractivity contribution in [3.05, 3.63) is 24.5 Å². The predicted molar refractivity (Wildman–Crippen MR) is 78.7 cm³/mol. The highest BCUT2D eigenvalue weighted by atomic mass is 16.5. The summed E-state index contributed by atoms with van der Waals surface area (Å²) in [4.78, 5) is 21.9. The number of methoxy groups -OCH3 is 1. The number of nitrogens with zero attached hydrogens (tertiary/aromatic N) is 3. The Kier molecular flexibility index (Phi) is 3.60. The van der Waals surface area contributed by atoms with Gasteiger partial charge in [0.1, 0.15) is 17.9 Å². The molecule has 2 aromatic rings. The van der Waals surface area contributed by atoms with Crippen molar-refractivity contribution in [2.24, 2.45) is 5.92 Å². The van der Waals surface area contributed by atoms with Crippen molar-refractivity contribution in [2.75, 3.05) is 25.1 Å². The molecule has 0 saturated carbocycles. The van der Waals surface area contributed by atoms with E-state index in [1.165, 1.54) is 6.33 Å². The minimum absolute atomic E-state index is 0.331. The van der Waals surface area contributed by atoms with Gasteiger partial charge in [-0.05, 0) is 25.0 Å². The van der Waals surface area contributed by atoms with Gasteiger partial charge in [0.2, 0.25) is 0 Å². The van der Waals surface area contributed by atoms with E-state index in [-0.39, 0.29) is 5.92 Å². The van der Waals surface area contributed by atoms with Crippen LogP contribution in [0.1, 0.15) is 12.8 Å². The second-order valence-electron chi connectivity index (χ2n) is 5.20. The van der Waals surface area contributed by atoms with Gasteiger partial charge in [0.05, 0.1) is 18.5 Å². The number of piperidine rings is 1. The van der Waals surface area contributed by atoms with Crippen LogP contribution < -0.4 is 9.64 Å². The topological polar surface area (TPSA) is 75.5 Å². The summed E-state index contributed by atoms with van der Waals surface area (Å²) in [7, 11) is 1.62. The molecule has 1 unspecified atom stereocenters. The molecule has 2 heterocycles. The van der Waals surface area contributed by atoms with Crippen molar-refractivity contribution in [3.63, 3.8) is 0 Å². The standard InChI is InChI=1S/C15H17N3O3/c1-21-11-4-5-12-13(7-11)16-9-17-14(12)18-6-2-3-10(8-18)15(19)20/h4-5,7,9-10H,2-3,6,8H2,1H3,(H,19,20). The highest BCUT2D eigenvalue weighted by Crippen LogP contribution is 2.29.